The maximum absolute atomic E-state index is 10.7. The van der Waals surface area contributed by atoms with Crippen molar-refractivity contribution in [1.82, 2.24) is 5.32 Å². The number of hydrogen-bond donors (Lipinski definition) is 3. The van der Waals surface area contributed by atoms with E-state index in [4.69, 9.17) is 10.4 Å². The van der Waals surface area contributed by atoms with E-state index in [0.29, 0.717) is 0 Å². The normalized spacial score (nSPS) is 14.7. The van der Waals surface area contributed by atoms with Gasteiger partial charge in [0.1, 0.15) is 5.54 Å². The number of hydrogen-bond acceptors (Lipinski definition) is 4. The average Bonchev–Trinajstić information content (AvgIpc) is 1.99. The van der Waals surface area contributed by atoms with Crippen molar-refractivity contribution in [3.05, 3.63) is 0 Å². The number of carbonyl (C=O) groups is 2. The van der Waals surface area contributed by atoms with Crippen LogP contribution in [-0.2, 0) is 14.5 Å². The summed E-state index contributed by atoms with van der Waals surface area (Å²) in [7, 11) is 0. The molecule has 6 heteroatoms. The molecule has 0 fully saturated rings. The highest BCUT2D eigenvalue weighted by Gasteiger charge is 2.33. The summed E-state index contributed by atoms with van der Waals surface area (Å²) in [5, 5.41) is 19.1. The van der Waals surface area contributed by atoms with E-state index >= 15 is 0 Å². The van der Waals surface area contributed by atoms with Gasteiger partial charge in [0.15, 0.2) is 0 Å². The van der Waals surface area contributed by atoms with Gasteiger partial charge in [0, 0.05) is 13.3 Å². The van der Waals surface area contributed by atoms with Gasteiger partial charge in [-0.05, 0) is 6.92 Å². The van der Waals surface area contributed by atoms with Gasteiger partial charge in [-0.2, -0.15) is 0 Å². The molecule has 0 aromatic heterocycles. The van der Waals surface area contributed by atoms with Crippen LogP contribution in [0.4, 0.5) is 0 Å². The van der Waals surface area contributed by atoms with Gasteiger partial charge in [0.25, 0.3) is 0 Å². The SMILES string of the molecule is CC(=O)NC(C)(CCOO)C(=O)O. The van der Waals surface area contributed by atoms with Crippen LogP contribution in [0.3, 0.4) is 0 Å². The predicted molar refractivity (Wildman–Crippen MR) is 43.1 cm³/mol. The number of nitrogens with one attached hydrogen (secondary N) is 1. The first-order valence-corrected chi connectivity index (χ1v) is 3.71. The summed E-state index contributed by atoms with van der Waals surface area (Å²) in [4.78, 5) is 25.1. The molecule has 0 aliphatic rings. The molecule has 0 saturated carbocycles. The van der Waals surface area contributed by atoms with Crippen LogP contribution in [0, 0.1) is 0 Å². The number of carbonyl (C=O) groups excluding carboxylic acids is 1. The van der Waals surface area contributed by atoms with Crippen molar-refractivity contribution < 1.29 is 24.8 Å². The van der Waals surface area contributed by atoms with Gasteiger partial charge < -0.3 is 10.4 Å². The Kier molecular flexibility index (Phi) is 4.36. The molecule has 1 amide bonds. The van der Waals surface area contributed by atoms with E-state index in [0.717, 1.165) is 0 Å². The zero-order valence-corrected chi connectivity index (χ0v) is 7.53. The van der Waals surface area contributed by atoms with Crippen molar-refractivity contribution in [3.8, 4) is 0 Å². The monoisotopic (exact) mass is 191 g/mol. The number of amides is 1. The lowest BCUT2D eigenvalue weighted by Crippen LogP contribution is -2.52. The highest BCUT2D eigenvalue weighted by molar-refractivity contribution is 5.85. The quantitative estimate of drug-likeness (QED) is 0.414. The van der Waals surface area contributed by atoms with Crippen molar-refractivity contribution in [2.45, 2.75) is 25.8 Å². The minimum atomic E-state index is -1.39. The Labute approximate surface area is 75.4 Å². The second kappa shape index (κ2) is 4.78. The van der Waals surface area contributed by atoms with Crippen LogP contribution in [0.1, 0.15) is 20.3 Å². The van der Waals surface area contributed by atoms with E-state index in [2.05, 4.69) is 10.2 Å². The van der Waals surface area contributed by atoms with Crippen LogP contribution in [0.5, 0.6) is 0 Å². The fraction of sp³-hybridized carbons (Fsp3) is 0.714. The van der Waals surface area contributed by atoms with E-state index in [9.17, 15) is 9.59 Å². The van der Waals surface area contributed by atoms with Gasteiger partial charge in [0.2, 0.25) is 5.91 Å². The van der Waals surface area contributed by atoms with Gasteiger partial charge in [-0.25, -0.2) is 9.68 Å². The zero-order chi connectivity index (χ0) is 10.5. The number of carboxylic acids is 1. The van der Waals surface area contributed by atoms with E-state index < -0.39 is 17.4 Å². The van der Waals surface area contributed by atoms with Gasteiger partial charge in [0.05, 0.1) is 6.61 Å². The van der Waals surface area contributed by atoms with Gasteiger partial charge in [-0.3, -0.25) is 10.1 Å². The second-order valence-corrected chi connectivity index (χ2v) is 2.90. The third kappa shape index (κ3) is 3.86. The lowest BCUT2D eigenvalue weighted by molar-refractivity contribution is -0.245. The maximum atomic E-state index is 10.7. The van der Waals surface area contributed by atoms with E-state index in [1.807, 2.05) is 0 Å². The molecule has 0 radical (unpaired) electrons. The summed E-state index contributed by atoms with van der Waals surface area (Å²) in [6.07, 6.45) is -0.00157. The average molecular weight is 191 g/mol. The second-order valence-electron chi connectivity index (χ2n) is 2.90. The lowest BCUT2D eigenvalue weighted by atomic mass is 9.98. The van der Waals surface area contributed by atoms with Crippen molar-refractivity contribution >= 4 is 11.9 Å². The first-order valence-electron chi connectivity index (χ1n) is 3.71. The fourth-order valence-corrected chi connectivity index (χ4v) is 0.861. The highest BCUT2D eigenvalue weighted by Crippen LogP contribution is 2.09. The van der Waals surface area contributed by atoms with Gasteiger partial charge in [-0.15, -0.1) is 0 Å². The van der Waals surface area contributed by atoms with Crippen LogP contribution in [0.15, 0.2) is 0 Å². The first-order chi connectivity index (χ1) is 5.92. The molecule has 0 rings (SSSR count). The van der Waals surface area contributed by atoms with Crippen molar-refractivity contribution in [3.63, 3.8) is 0 Å². The summed E-state index contributed by atoms with van der Waals surface area (Å²) < 4.78 is 0. The molecule has 1 unspecified atom stereocenters. The van der Waals surface area contributed by atoms with Crippen LogP contribution in [-0.4, -0.2) is 34.4 Å². The molecule has 0 aliphatic carbocycles. The Bertz CT molecular complexity index is 205. The van der Waals surface area contributed by atoms with Crippen molar-refractivity contribution in [2.24, 2.45) is 0 Å². The zero-order valence-electron chi connectivity index (χ0n) is 7.53. The highest BCUT2D eigenvalue weighted by atomic mass is 17.1. The molecule has 1 atom stereocenters. The Morgan fingerprint density at radius 1 is 1.54 bits per heavy atom. The number of carboxylic acid groups (broad SMARTS) is 1. The third-order valence-corrected chi connectivity index (χ3v) is 1.62. The number of aliphatic carboxylic acids is 1. The Hall–Kier alpha value is -1.14. The van der Waals surface area contributed by atoms with Crippen LogP contribution in [0.25, 0.3) is 0 Å². The van der Waals surface area contributed by atoms with Crippen LogP contribution >= 0.6 is 0 Å². The molecule has 13 heavy (non-hydrogen) atoms. The summed E-state index contributed by atoms with van der Waals surface area (Å²) in [6, 6.07) is 0. The third-order valence-electron chi connectivity index (χ3n) is 1.62. The molecule has 76 valence electrons. The minimum absolute atomic E-state index is 0.00157. The Morgan fingerprint density at radius 3 is 2.38 bits per heavy atom. The first kappa shape index (κ1) is 11.9. The molecular weight excluding hydrogens is 178 g/mol. The fourth-order valence-electron chi connectivity index (χ4n) is 0.861. The van der Waals surface area contributed by atoms with Crippen LogP contribution in [0.2, 0.25) is 0 Å². The van der Waals surface area contributed by atoms with Gasteiger partial charge >= 0.3 is 5.97 Å². The molecule has 0 bridgehead atoms. The topological polar surface area (TPSA) is 95.9 Å². The smallest absolute Gasteiger partial charge is 0.329 e. The standard InChI is InChI=1S/C7H13NO5/c1-5(9)8-7(2,6(10)11)3-4-13-12/h12H,3-4H2,1-2H3,(H,8,9)(H,10,11). The molecule has 0 aliphatic heterocycles. The van der Waals surface area contributed by atoms with E-state index in [1.165, 1.54) is 13.8 Å². The van der Waals surface area contributed by atoms with E-state index in [1.54, 1.807) is 0 Å². The minimum Gasteiger partial charge on any atom is -0.480 e. The predicted octanol–water partition coefficient (Wildman–Crippen LogP) is -0.154. The molecule has 3 N–H and O–H groups in total. The van der Waals surface area contributed by atoms with Crippen molar-refractivity contribution in [2.75, 3.05) is 6.61 Å². The van der Waals surface area contributed by atoms with Crippen molar-refractivity contribution in [1.29, 1.82) is 0 Å². The molecule has 0 spiro atoms. The molecule has 0 aromatic rings. The molecular formula is C7H13NO5. The van der Waals surface area contributed by atoms with Gasteiger partial charge in [-0.1, -0.05) is 0 Å². The maximum Gasteiger partial charge on any atom is 0.329 e. The molecule has 0 aromatic carbocycles. The molecule has 0 saturated heterocycles. The Balaban J connectivity index is 4.34. The number of rotatable bonds is 5. The molecule has 0 heterocycles. The lowest BCUT2D eigenvalue weighted by Gasteiger charge is -2.24. The summed E-state index contributed by atoms with van der Waals surface area (Å²) in [5.41, 5.74) is -1.39. The summed E-state index contributed by atoms with van der Waals surface area (Å²) in [5.74, 6) is -1.61. The van der Waals surface area contributed by atoms with Crippen LogP contribution < -0.4 is 5.32 Å². The summed E-state index contributed by atoms with van der Waals surface area (Å²) in [6.45, 7) is 2.42. The summed E-state index contributed by atoms with van der Waals surface area (Å²) >= 11 is 0. The van der Waals surface area contributed by atoms with E-state index in [-0.39, 0.29) is 13.0 Å². The Morgan fingerprint density at radius 2 is 2.08 bits per heavy atom. The largest absolute Gasteiger partial charge is 0.480 e. The molecule has 6 nitrogen and oxygen atoms in total.